The van der Waals surface area contributed by atoms with E-state index in [1.165, 1.54) is 11.3 Å². The molecule has 0 unspecified atom stereocenters. The van der Waals surface area contributed by atoms with Crippen molar-refractivity contribution in [2.24, 2.45) is 0 Å². The largest absolute Gasteiger partial charge is 0.450 e. The molecule has 1 aromatic heterocycles. The van der Waals surface area contributed by atoms with Crippen molar-refractivity contribution in [3.63, 3.8) is 0 Å². The van der Waals surface area contributed by atoms with Crippen LogP contribution in [0.4, 0.5) is 15.6 Å². The normalized spacial score (nSPS) is 10.9. The second-order valence-corrected chi connectivity index (χ2v) is 8.04. The van der Waals surface area contributed by atoms with Crippen LogP contribution < -0.4 is 15.4 Å². The Morgan fingerprint density at radius 1 is 1.22 bits per heavy atom. The lowest BCUT2D eigenvalue weighted by molar-refractivity contribution is -0.116. The molecule has 27 heavy (non-hydrogen) atoms. The molecule has 11 heteroatoms. The summed E-state index contributed by atoms with van der Waals surface area (Å²) in [5, 5.41) is 7.35. The Hall–Kier alpha value is -2.66. The summed E-state index contributed by atoms with van der Waals surface area (Å²) >= 11 is 1.27. The Morgan fingerprint density at radius 3 is 2.56 bits per heavy atom. The molecule has 0 spiro atoms. The smallest absolute Gasteiger partial charge is 0.407 e. The highest BCUT2D eigenvalue weighted by atomic mass is 32.2. The summed E-state index contributed by atoms with van der Waals surface area (Å²) in [7, 11) is -3.33. The lowest BCUT2D eigenvalue weighted by Gasteiger charge is -2.05. The summed E-state index contributed by atoms with van der Waals surface area (Å²) in [4.78, 5) is 27.3. The SMILES string of the molecule is CCOC(=O)NCCC(=O)Nc1nc(-c2ccc(NS(C)(=O)=O)cc2)cs1. The highest BCUT2D eigenvalue weighted by Gasteiger charge is 2.09. The highest BCUT2D eigenvalue weighted by molar-refractivity contribution is 7.92. The Labute approximate surface area is 161 Å². The molecule has 0 saturated carbocycles. The van der Waals surface area contributed by atoms with Crippen molar-refractivity contribution in [1.29, 1.82) is 0 Å². The minimum absolute atomic E-state index is 0.0968. The van der Waals surface area contributed by atoms with Gasteiger partial charge >= 0.3 is 6.09 Å². The lowest BCUT2D eigenvalue weighted by atomic mass is 10.1. The third kappa shape index (κ3) is 7.23. The van der Waals surface area contributed by atoms with Crippen molar-refractivity contribution in [3.05, 3.63) is 29.6 Å². The van der Waals surface area contributed by atoms with Crippen molar-refractivity contribution in [1.82, 2.24) is 10.3 Å². The van der Waals surface area contributed by atoms with E-state index < -0.39 is 16.1 Å². The molecule has 0 aliphatic heterocycles. The van der Waals surface area contributed by atoms with Gasteiger partial charge in [-0.1, -0.05) is 12.1 Å². The quantitative estimate of drug-likeness (QED) is 0.610. The molecule has 0 bridgehead atoms. The average Bonchev–Trinajstić information content (AvgIpc) is 3.02. The van der Waals surface area contributed by atoms with E-state index in [2.05, 4.69) is 20.3 Å². The van der Waals surface area contributed by atoms with Crippen molar-refractivity contribution in [2.45, 2.75) is 13.3 Å². The van der Waals surface area contributed by atoms with Gasteiger partial charge in [-0.25, -0.2) is 18.2 Å². The van der Waals surface area contributed by atoms with Gasteiger partial charge < -0.3 is 15.4 Å². The number of nitrogens with zero attached hydrogens (tertiary/aromatic N) is 1. The number of hydrogen-bond donors (Lipinski definition) is 3. The van der Waals surface area contributed by atoms with Crippen LogP contribution in [0.5, 0.6) is 0 Å². The fourth-order valence-electron chi connectivity index (χ4n) is 2.03. The molecule has 0 radical (unpaired) electrons. The summed E-state index contributed by atoms with van der Waals surface area (Å²) in [6.07, 6.45) is 0.619. The van der Waals surface area contributed by atoms with Gasteiger partial charge in [0.2, 0.25) is 15.9 Å². The van der Waals surface area contributed by atoms with Crippen molar-refractivity contribution in [2.75, 3.05) is 29.4 Å². The molecular weight excluding hydrogens is 392 g/mol. The van der Waals surface area contributed by atoms with E-state index in [0.717, 1.165) is 11.8 Å². The number of alkyl carbamates (subject to hydrolysis) is 1. The standard InChI is InChI=1S/C16H20N4O5S2/c1-3-25-16(22)17-9-8-14(21)19-15-18-13(10-26-15)11-4-6-12(7-5-11)20-27(2,23)24/h4-7,10,20H,3,8-9H2,1-2H3,(H,17,22)(H,18,19,21). The number of carbonyl (C=O) groups is 2. The van der Waals surface area contributed by atoms with Crippen LogP contribution >= 0.6 is 11.3 Å². The molecule has 0 aliphatic rings. The monoisotopic (exact) mass is 412 g/mol. The topological polar surface area (TPSA) is 126 Å². The molecule has 2 rings (SSSR count). The minimum Gasteiger partial charge on any atom is -0.450 e. The number of rotatable bonds is 8. The fraction of sp³-hybridized carbons (Fsp3) is 0.312. The van der Waals surface area contributed by atoms with E-state index in [1.807, 2.05) is 0 Å². The second-order valence-electron chi connectivity index (χ2n) is 5.43. The minimum atomic E-state index is -3.33. The van der Waals surface area contributed by atoms with E-state index in [1.54, 1.807) is 36.6 Å². The fourth-order valence-corrected chi connectivity index (χ4v) is 3.33. The number of benzene rings is 1. The van der Waals surface area contributed by atoms with E-state index in [9.17, 15) is 18.0 Å². The van der Waals surface area contributed by atoms with Gasteiger partial charge in [-0.2, -0.15) is 0 Å². The van der Waals surface area contributed by atoms with Crippen LogP contribution in [0.1, 0.15) is 13.3 Å². The molecule has 1 heterocycles. The molecular formula is C16H20N4O5S2. The van der Waals surface area contributed by atoms with Gasteiger partial charge in [-0.15, -0.1) is 11.3 Å². The van der Waals surface area contributed by atoms with Gasteiger partial charge in [0.25, 0.3) is 0 Å². The number of sulfonamides is 1. The van der Waals surface area contributed by atoms with Gasteiger partial charge in [-0.05, 0) is 19.1 Å². The van der Waals surface area contributed by atoms with Crippen LogP contribution in [0, 0.1) is 0 Å². The number of hydrogen-bond acceptors (Lipinski definition) is 7. The Kier molecular flexibility index (Phi) is 7.13. The molecule has 9 nitrogen and oxygen atoms in total. The number of nitrogens with one attached hydrogen (secondary N) is 3. The Balaban J connectivity index is 1.88. The zero-order valence-corrected chi connectivity index (χ0v) is 16.4. The number of thiazole rings is 1. The maximum Gasteiger partial charge on any atom is 0.407 e. The first-order chi connectivity index (χ1) is 12.8. The van der Waals surface area contributed by atoms with Crippen molar-refractivity contribution < 1.29 is 22.7 Å². The molecule has 146 valence electrons. The third-order valence-corrected chi connectivity index (χ3v) is 4.50. The number of anilines is 2. The van der Waals surface area contributed by atoms with Crippen LogP contribution in [0.3, 0.4) is 0 Å². The Bertz CT molecular complexity index is 894. The van der Waals surface area contributed by atoms with E-state index in [4.69, 9.17) is 4.74 Å². The highest BCUT2D eigenvalue weighted by Crippen LogP contribution is 2.26. The van der Waals surface area contributed by atoms with E-state index in [-0.39, 0.29) is 25.5 Å². The average molecular weight is 412 g/mol. The van der Waals surface area contributed by atoms with Crippen molar-refractivity contribution >= 4 is 44.2 Å². The van der Waals surface area contributed by atoms with Crippen molar-refractivity contribution in [3.8, 4) is 11.3 Å². The molecule has 1 aromatic carbocycles. The first kappa shape index (κ1) is 20.6. The maximum absolute atomic E-state index is 11.9. The van der Waals surface area contributed by atoms with Crippen LogP contribution in [-0.2, 0) is 19.6 Å². The van der Waals surface area contributed by atoms with Crippen LogP contribution in [0.15, 0.2) is 29.6 Å². The molecule has 0 saturated heterocycles. The van der Waals surface area contributed by atoms with Gasteiger partial charge in [0.15, 0.2) is 5.13 Å². The third-order valence-electron chi connectivity index (χ3n) is 3.13. The molecule has 3 N–H and O–H groups in total. The number of amides is 2. The second kappa shape index (κ2) is 9.33. The summed E-state index contributed by atoms with van der Waals surface area (Å²) in [6.45, 7) is 2.13. The van der Waals surface area contributed by atoms with Gasteiger partial charge in [0.05, 0.1) is 18.6 Å². The van der Waals surface area contributed by atoms with Gasteiger partial charge in [0, 0.05) is 29.6 Å². The number of carbonyl (C=O) groups excluding carboxylic acids is 2. The number of aromatic nitrogens is 1. The first-order valence-corrected chi connectivity index (χ1v) is 10.8. The predicted octanol–water partition coefficient (Wildman–Crippen LogP) is 2.26. The van der Waals surface area contributed by atoms with E-state index >= 15 is 0 Å². The summed E-state index contributed by atoms with van der Waals surface area (Å²) in [5.74, 6) is -0.277. The first-order valence-electron chi connectivity index (χ1n) is 8.01. The van der Waals surface area contributed by atoms with Crippen LogP contribution in [0.2, 0.25) is 0 Å². The summed E-state index contributed by atoms with van der Waals surface area (Å²) < 4.78 is 29.5. The molecule has 0 aliphatic carbocycles. The zero-order valence-electron chi connectivity index (χ0n) is 14.8. The predicted molar refractivity (Wildman–Crippen MR) is 104 cm³/mol. The molecule has 2 amide bonds. The lowest BCUT2D eigenvalue weighted by Crippen LogP contribution is -2.28. The van der Waals surface area contributed by atoms with E-state index in [0.29, 0.717) is 16.5 Å². The van der Waals surface area contributed by atoms with Gasteiger partial charge in [0.1, 0.15) is 0 Å². The molecule has 0 fully saturated rings. The number of ether oxygens (including phenoxy) is 1. The summed E-state index contributed by atoms with van der Waals surface area (Å²) in [6, 6.07) is 6.74. The Morgan fingerprint density at radius 2 is 1.93 bits per heavy atom. The summed E-state index contributed by atoms with van der Waals surface area (Å²) in [5.41, 5.74) is 1.90. The maximum atomic E-state index is 11.9. The van der Waals surface area contributed by atoms with Crippen LogP contribution in [-0.4, -0.2) is 44.8 Å². The zero-order chi connectivity index (χ0) is 19.9. The molecule has 0 atom stereocenters. The molecule has 2 aromatic rings. The van der Waals surface area contributed by atoms with Gasteiger partial charge in [-0.3, -0.25) is 9.52 Å². The van der Waals surface area contributed by atoms with Crippen LogP contribution in [0.25, 0.3) is 11.3 Å².